The van der Waals surface area contributed by atoms with E-state index in [-0.39, 0.29) is 0 Å². The summed E-state index contributed by atoms with van der Waals surface area (Å²) in [4.78, 5) is 5.05. The molecule has 2 saturated heterocycles. The van der Waals surface area contributed by atoms with Gasteiger partial charge in [0, 0.05) is 35.9 Å². The Morgan fingerprint density at radius 2 is 1.62 bits per heavy atom. The smallest absolute Gasteiger partial charge is 0.0421 e. The maximum Gasteiger partial charge on any atom is 0.0421 e. The van der Waals surface area contributed by atoms with Crippen LogP contribution in [0.15, 0.2) is 24.3 Å². The Kier molecular flexibility index (Phi) is 2.56. The van der Waals surface area contributed by atoms with Gasteiger partial charge in [-0.25, -0.2) is 0 Å². The lowest BCUT2D eigenvalue weighted by Crippen LogP contribution is -2.52. The molecule has 3 heteroatoms. The van der Waals surface area contributed by atoms with Gasteiger partial charge in [-0.1, -0.05) is 11.6 Å². The highest BCUT2D eigenvalue weighted by atomic mass is 35.5. The van der Waals surface area contributed by atoms with Gasteiger partial charge in [-0.15, -0.1) is 0 Å². The van der Waals surface area contributed by atoms with Crippen molar-refractivity contribution in [3.8, 4) is 0 Å². The van der Waals surface area contributed by atoms with Crippen molar-refractivity contribution in [1.82, 2.24) is 4.90 Å². The summed E-state index contributed by atoms with van der Waals surface area (Å²) in [6, 6.07) is 9.69. The normalized spacial score (nSPS) is 29.8. The summed E-state index contributed by atoms with van der Waals surface area (Å²) in [7, 11) is 2.23. The number of benzene rings is 1. The van der Waals surface area contributed by atoms with E-state index in [1.165, 1.54) is 31.6 Å². The molecule has 0 N–H and O–H groups in total. The van der Waals surface area contributed by atoms with Gasteiger partial charge >= 0.3 is 0 Å². The molecule has 0 radical (unpaired) electrons. The van der Waals surface area contributed by atoms with Gasteiger partial charge in [-0.2, -0.15) is 0 Å². The number of likely N-dealkylation sites (tertiary alicyclic amines) is 1. The van der Waals surface area contributed by atoms with Gasteiger partial charge in [0.25, 0.3) is 0 Å². The average Bonchev–Trinajstić information content (AvgIpc) is 2.54. The molecule has 2 unspecified atom stereocenters. The summed E-state index contributed by atoms with van der Waals surface area (Å²) < 4.78 is 0. The van der Waals surface area contributed by atoms with E-state index >= 15 is 0 Å². The topological polar surface area (TPSA) is 6.48 Å². The molecule has 0 aliphatic carbocycles. The quantitative estimate of drug-likeness (QED) is 0.740. The zero-order valence-corrected chi connectivity index (χ0v) is 10.3. The van der Waals surface area contributed by atoms with Crippen molar-refractivity contribution in [2.45, 2.75) is 24.9 Å². The Labute approximate surface area is 102 Å². The van der Waals surface area contributed by atoms with Crippen LogP contribution in [0.3, 0.4) is 0 Å². The van der Waals surface area contributed by atoms with Crippen LogP contribution in [0.2, 0.25) is 5.02 Å². The lowest BCUT2D eigenvalue weighted by molar-refractivity contribution is 0.265. The Morgan fingerprint density at radius 3 is 2.19 bits per heavy atom. The molecule has 2 bridgehead atoms. The van der Waals surface area contributed by atoms with E-state index < -0.39 is 0 Å². The minimum absolute atomic E-state index is 0.699. The first kappa shape index (κ1) is 10.4. The molecule has 0 amide bonds. The van der Waals surface area contributed by atoms with Crippen LogP contribution in [-0.2, 0) is 0 Å². The Bertz CT molecular complexity index is 362. The molecule has 2 atom stereocenters. The van der Waals surface area contributed by atoms with Gasteiger partial charge in [0.2, 0.25) is 0 Å². The molecule has 3 rings (SSSR count). The van der Waals surface area contributed by atoms with Gasteiger partial charge in [-0.05, 0) is 44.2 Å². The van der Waals surface area contributed by atoms with E-state index in [1.807, 2.05) is 12.1 Å². The molecule has 2 fully saturated rings. The monoisotopic (exact) mass is 236 g/mol. The van der Waals surface area contributed by atoms with Crippen LogP contribution in [0.5, 0.6) is 0 Å². The zero-order valence-electron chi connectivity index (χ0n) is 9.56. The molecule has 2 heterocycles. The van der Waals surface area contributed by atoms with Crippen LogP contribution in [0.25, 0.3) is 0 Å². The number of likely N-dealkylation sites (N-methyl/N-ethyl adjacent to an activating group) is 1. The molecular weight excluding hydrogens is 220 g/mol. The SMILES string of the molecule is CN1CC2CCC(C1)N2c1ccc(Cl)cc1. The second kappa shape index (κ2) is 3.94. The molecule has 16 heavy (non-hydrogen) atoms. The lowest BCUT2D eigenvalue weighted by atomic mass is 10.1. The van der Waals surface area contributed by atoms with Gasteiger partial charge in [0.05, 0.1) is 0 Å². The molecular formula is C13H17ClN2. The Hall–Kier alpha value is -0.730. The van der Waals surface area contributed by atoms with Gasteiger partial charge in [-0.3, -0.25) is 0 Å². The number of rotatable bonds is 1. The number of halogens is 1. The van der Waals surface area contributed by atoms with Crippen molar-refractivity contribution in [3.63, 3.8) is 0 Å². The van der Waals surface area contributed by atoms with Crippen molar-refractivity contribution in [1.29, 1.82) is 0 Å². The van der Waals surface area contributed by atoms with Crippen molar-refractivity contribution < 1.29 is 0 Å². The maximum absolute atomic E-state index is 5.94. The molecule has 86 valence electrons. The first-order valence-electron chi connectivity index (χ1n) is 5.96. The third kappa shape index (κ3) is 1.70. The highest BCUT2D eigenvalue weighted by Gasteiger charge is 2.38. The second-order valence-corrected chi connectivity index (χ2v) is 5.43. The molecule has 2 aliphatic rings. The highest BCUT2D eigenvalue weighted by molar-refractivity contribution is 6.30. The predicted molar refractivity (Wildman–Crippen MR) is 68.2 cm³/mol. The highest BCUT2D eigenvalue weighted by Crippen LogP contribution is 2.34. The van der Waals surface area contributed by atoms with Gasteiger partial charge < -0.3 is 9.80 Å². The maximum atomic E-state index is 5.94. The summed E-state index contributed by atoms with van der Waals surface area (Å²) in [5, 5.41) is 0.824. The molecule has 2 aliphatic heterocycles. The first-order valence-corrected chi connectivity index (χ1v) is 6.34. The average molecular weight is 237 g/mol. The van der Waals surface area contributed by atoms with Crippen LogP contribution in [0.1, 0.15) is 12.8 Å². The lowest BCUT2D eigenvalue weighted by Gasteiger charge is -2.41. The fraction of sp³-hybridized carbons (Fsp3) is 0.538. The van der Waals surface area contributed by atoms with E-state index in [4.69, 9.17) is 11.6 Å². The number of hydrogen-bond donors (Lipinski definition) is 0. The zero-order chi connectivity index (χ0) is 11.1. The second-order valence-electron chi connectivity index (χ2n) is 4.99. The number of piperazine rings is 1. The largest absolute Gasteiger partial charge is 0.363 e. The predicted octanol–water partition coefficient (Wildman–Crippen LogP) is 2.62. The van der Waals surface area contributed by atoms with E-state index in [2.05, 4.69) is 29.0 Å². The van der Waals surface area contributed by atoms with Gasteiger partial charge in [0.1, 0.15) is 0 Å². The minimum Gasteiger partial charge on any atom is -0.363 e. The van der Waals surface area contributed by atoms with Gasteiger partial charge in [0.15, 0.2) is 0 Å². The van der Waals surface area contributed by atoms with Crippen molar-refractivity contribution >= 4 is 17.3 Å². The van der Waals surface area contributed by atoms with Crippen molar-refractivity contribution in [2.24, 2.45) is 0 Å². The number of fused-ring (bicyclic) bond motifs is 2. The first-order chi connectivity index (χ1) is 7.74. The van der Waals surface area contributed by atoms with Crippen molar-refractivity contribution in [2.75, 3.05) is 25.0 Å². The van der Waals surface area contributed by atoms with Crippen LogP contribution < -0.4 is 4.90 Å². The van der Waals surface area contributed by atoms with Crippen molar-refractivity contribution in [3.05, 3.63) is 29.3 Å². The molecule has 0 saturated carbocycles. The third-order valence-corrected chi connectivity index (χ3v) is 4.04. The summed E-state index contributed by atoms with van der Waals surface area (Å²) in [6.45, 7) is 2.39. The fourth-order valence-corrected chi connectivity index (χ4v) is 3.27. The van der Waals surface area contributed by atoms with Crippen LogP contribution in [0.4, 0.5) is 5.69 Å². The van der Waals surface area contributed by atoms with Crippen LogP contribution in [-0.4, -0.2) is 37.1 Å². The summed E-state index contributed by atoms with van der Waals surface area (Å²) in [5.41, 5.74) is 1.34. The van der Waals surface area contributed by atoms with Crippen LogP contribution >= 0.6 is 11.6 Å². The summed E-state index contributed by atoms with van der Waals surface area (Å²) in [6.07, 6.45) is 2.66. The number of anilines is 1. The Morgan fingerprint density at radius 1 is 1.06 bits per heavy atom. The fourth-order valence-electron chi connectivity index (χ4n) is 3.15. The standard InChI is InChI=1S/C13H17ClN2/c1-15-8-12-6-7-13(9-15)16(12)11-4-2-10(14)3-5-11/h2-5,12-13H,6-9H2,1H3. The van der Waals surface area contributed by atoms with E-state index in [0.717, 1.165) is 5.02 Å². The number of hydrogen-bond acceptors (Lipinski definition) is 2. The summed E-state index contributed by atoms with van der Waals surface area (Å²) in [5.74, 6) is 0. The molecule has 0 spiro atoms. The Balaban J connectivity index is 1.88. The third-order valence-electron chi connectivity index (χ3n) is 3.79. The van der Waals surface area contributed by atoms with E-state index in [0.29, 0.717) is 12.1 Å². The van der Waals surface area contributed by atoms with E-state index in [1.54, 1.807) is 0 Å². The van der Waals surface area contributed by atoms with Crippen LogP contribution in [0, 0.1) is 0 Å². The minimum atomic E-state index is 0.699. The summed E-state index contributed by atoms with van der Waals surface area (Å²) >= 11 is 5.94. The number of nitrogens with zero attached hydrogens (tertiary/aromatic N) is 2. The molecule has 0 aromatic heterocycles. The van der Waals surface area contributed by atoms with E-state index in [9.17, 15) is 0 Å². The molecule has 1 aromatic rings. The molecule has 1 aromatic carbocycles. The molecule has 2 nitrogen and oxygen atoms in total.